The Bertz CT molecular complexity index is 715. The number of carbonyl (C=O) groups excluding carboxylic acids is 1. The smallest absolute Gasteiger partial charge is 0.223 e. The summed E-state index contributed by atoms with van der Waals surface area (Å²) in [5.41, 5.74) is 0. The third-order valence-electron chi connectivity index (χ3n) is 7.99. The standard InChI is InChI=1S/C23H36N4OS/c1-2-7-21-24-25-23(29-21)26-14-17-13-18(15-26)20(12-16-8-4-3-5-9-16)27-19(17)10-6-11-22(27)28/h16-20H,2-15H2,1H3/t17-,18+,19+,20+/m1/s1. The van der Waals surface area contributed by atoms with Crippen molar-refractivity contribution in [3.05, 3.63) is 5.01 Å². The highest BCUT2D eigenvalue weighted by Crippen LogP contribution is 2.45. The highest BCUT2D eigenvalue weighted by Gasteiger charge is 2.50. The molecule has 0 unspecified atom stereocenters. The van der Waals surface area contributed by atoms with Crippen molar-refractivity contribution in [2.45, 2.75) is 96.1 Å². The van der Waals surface area contributed by atoms with Gasteiger partial charge in [0.25, 0.3) is 0 Å². The van der Waals surface area contributed by atoms with E-state index in [0.717, 1.165) is 49.8 Å². The molecule has 3 aliphatic heterocycles. The van der Waals surface area contributed by atoms with E-state index in [0.29, 0.717) is 29.8 Å². The molecule has 4 aliphatic rings. The van der Waals surface area contributed by atoms with Crippen molar-refractivity contribution in [1.29, 1.82) is 0 Å². The van der Waals surface area contributed by atoms with E-state index in [4.69, 9.17) is 0 Å². The molecule has 1 aromatic heterocycles. The zero-order chi connectivity index (χ0) is 19.8. The van der Waals surface area contributed by atoms with Crippen molar-refractivity contribution in [1.82, 2.24) is 15.1 Å². The van der Waals surface area contributed by atoms with Crippen LogP contribution in [0.1, 0.15) is 82.6 Å². The molecule has 4 heterocycles. The van der Waals surface area contributed by atoms with Crippen molar-refractivity contribution in [2.75, 3.05) is 18.0 Å². The second-order valence-corrected chi connectivity index (χ2v) is 11.0. The van der Waals surface area contributed by atoms with Gasteiger partial charge in [-0.1, -0.05) is 50.4 Å². The van der Waals surface area contributed by atoms with Crippen LogP contribution in [-0.4, -0.2) is 46.2 Å². The third-order valence-corrected chi connectivity index (χ3v) is 9.03. The van der Waals surface area contributed by atoms with Crippen molar-refractivity contribution < 1.29 is 4.79 Å². The van der Waals surface area contributed by atoms with Gasteiger partial charge >= 0.3 is 0 Å². The molecular formula is C23H36N4OS. The Morgan fingerprint density at radius 2 is 1.86 bits per heavy atom. The van der Waals surface area contributed by atoms with Gasteiger partial charge in [-0.3, -0.25) is 4.79 Å². The van der Waals surface area contributed by atoms with Gasteiger partial charge in [0.05, 0.1) is 0 Å². The van der Waals surface area contributed by atoms with Crippen LogP contribution in [0, 0.1) is 17.8 Å². The number of rotatable bonds is 5. The molecule has 3 saturated heterocycles. The number of aromatic nitrogens is 2. The molecule has 160 valence electrons. The minimum absolute atomic E-state index is 0.450. The summed E-state index contributed by atoms with van der Waals surface area (Å²) in [7, 11) is 0. The van der Waals surface area contributed by atoms with Crippen molar-refractivity contribution in [2.24, 2.45) is 17.8 Å². The molecule has 0 N–H and O–H groups in total. The molecule has 1 aliphatic carbocycles. The van der Waals surface area contributed by atoms with Crippen molar-refractivity contribution in [3.8, 4) is 0 Å². The summed E-state index contributed by atoms with van der Waals surface area (Å²) >= 11 is 1.79. The number of hydrogen-bond donors (Lipinski definition) is 0. The fourth-order valence-corrected chi connectivity index (χ4v) is 7.64. The Balaban J connectivity index is 1.38. The molecule has 0 aromatic carbocycles. The molecule has 4 fully saturated rings. The minimum atomic E-state index is 0.450. The first-order valence-electron chi connectivity index (χ1n) is 12.1. The van der Waals surface area contributed by atoms with Gasteiger partial charge in [0, 0.05) is 38.0 Å². The Morgan fingerprint density at radius 1 is 1.03 bits per heavy atom. The van der Waals surface area contributed by atoms with E-state index in [9.17, 15) is 4.79 Å². The normalized spacial score (nSPS) is 33.1. The monoisotopic (exact) mass is 416 g/mol. The van der Waals surface area contributed by atoms with Gasteiger partial charge in [-0.25, -0.2) is 0 Å². The lowest BCUT2D eigenvalue weighted by Crippen LogP contribution is -2.65. The lowest BCUT2D eigenvalue weighted by atomic mass is 9.69. The van der Waals surface area contributed by atoms with Gasteiger partial charge in [0.2, 0.25) is 11.0 Å². The first-order chi connectivity index (χ1) is 14.2. The van der Waals surface area contributed by atoms with Crippen LogP contribution in [0.2, 0.25) is 0 Å². The summed E-state index contributed by atoms with van der Waals surface area (Å²) in [6.45, 7) is 4.32. The van der Waals surface area contributed by atoms with Crippen molar-refractivity contribution in [3.63, 3.8) is 0 Å². The fraction of sp³-hybridized carbons (Fsp3) is 0.870. The molecule has 4 atom stereocenters. The van der Waals surface area contributed by atoms with E-state index in [1.807, 2.05) is 0 Å². The highest BCUT2D eigenvalue weighted by molar-refractivity contribution is 7.15. The fourth-order valence-electron chi connectivity index (χ4n) is 6.69. The zero-order valence-electron chi connectivity index (χ0n) is 17.9. The number of anilines is 1. The lowest BCUT2D eigenvalue weighted by molar-refractivity contribution is -0.149. The summed E-state index contributed by atoms with van der Waals surface area (Å²) in [5.74, 6) is 2.49. The molecule has 1 aromatic rings. The number of amides is 1. The SMILES string of the molecule is CCCc1nnc(N2C[C@H]3C[C@@H](C2)[C@H](CC2CCCCC2)N2C(=O)CCC[C@@H]32)s1. The number of fused-ring (bicyclic) bond motifs is 4. The maximum Gasteiger partial charge on any atom is 0.223 e. The summed E-state index contributed by atoms with van der Waals surface area (Å²) in [6, 6.07) is 0.921. The lowest BCUT2D eigenvalue weighted by Gasteiger charge is -2.57. The van der Waals surface area contributed by atoms with E-state index < -0.39 is 0 Å². The molecule has 5 nitrogen and oxygen atoms in total. The van der Waals surface area contributed by atoms with Crippen LogP contribution in [0.4, 0.5) is 5.13 Å². The summed E-state index contributed by atoms with van der Waals surface area (Å²) < 4.78 is 0. The summed E-state index contributed by atoms with van der Waals surface area (Å²) in [4.78, 5) is 18.0. The Kier molecular flexibility index (Phi) is 5.81. The molecule has 0 radical (unpaired) electrons. The molecule has 0 spiro atoms. The van der Waals surface area contributed by atoms with Gasteiger partial charge in [-0.05, 0) is 49.9 Å². The average molecular weight is 417 g/mol. The molecule has 2 bridgehead atoms. The van der Waals surface area contributed by atoms with Gasteiger partial charge in [0.1, 0.15) is 5.01 Å². The van der Waals surface area contributed by atoms with Gasteiger partial charge < -0.3 is 9.80 Å². The van der Waals surface area contributed by atoms with Crippen molar-refractivity contribution >= 4 is 22.4 Å². The van der Waals surface area contributed by atoms with Crippen LogP contribution in [0.15, 0.2) is 0 Å². The number of nitrogens with zero attached hydrogens (tertiary/aromatic N) is 4. The first kappa shape index (κ1) is 19.8. The van der Waals surface area contributed by atoms with Crippen LogP contribution < -0.4 is 4.90 Å². The number of carbonyl (C=O) groups is 1. The third kappa shape index (κ3) is 3.94. The van der Waals surface area contributed by atoms with Crippen LogP contribution in [-0.2, 0) is 11.2 Å². The van der Waals surface area contributed by atoms with Gasteiger partial charge in [0.15, 0.2) is 0 Å². The maximum atomic E-state index is 13.0. The summed E-state index contributed by atoms with van der Waals surface area (Å²) in [6.07, 6.45) is 14.7. The van der Waals surface area contributed by atoms with Gasteiger partial charge in [-0.15, -0.1) is 10.2 Å². The number of aryl methyl sites for hydroxylation is 1. The molecule has 5 rings (SSSR count). The van der Waals surface area contributed by atoms with Crippen LogP contribution in [0.3, 0.4) is 0 Å². The minimum Gasteiger partial charge on any atom is -0.346 e. The quantitative estimate of drug-likeness (QED) is 0.700. The maximum absolute atomic E-state index is 13.0. The molecule has 29 heavy (non-hydrogen) atoms. The predicted molar refractivity (Wildman–Crippen MR) is 117 cm³/mol. The molecule has 1 amide bonds. The second-order valence-electron chi connectivity index (χ2n) is 9.96. The molecule has 1 saturated carbocycles. The molecular weight excluding hydrogens is 380 g/mol. The topological polar surface area (TPSA) is 49.3 Å². The Labute approximate surface area is 179 Å². The number of hydrogen-bond acceptors (Lipinski definition) is 5. The average Bonchev–Trinajstić information content (AvgIpc) is 3.21. The van der Waals surface area contributed by atoms with Crippen LogP contribution in [0.25, 0.3) is 0 Å². The molecule has 6 heteroatoms. The Morgan fingerprint density at radius 3 is 2.69 bits per heavy atom. The van der Waals surface area contributed by atoms with E-state index >= 15 is 0 Å². The Hall–Kier alpha value is -1.17. The van der Waals surface area contributed by atoms with E-state index in [1.165, 1.54) is 56.4 Å². The van der Waals surface area contributed by atoms with Gasteiger partial charge in [-0.2, -0.15) is 0 Å². The predicted octanol–water partition coefficient (Wildman–Crippen LogP) is 4.67. The van der Waals surface area contributed by atoms with E-state index in [1.54, 1.807) is 11.3 Å². The van der Waals surface area contributed by atoms with Crippen LogP contribution in [0.5, 0.6) is 0 Å². The van der Waals surface area contributed by atoms with Crippen LogP contribution >= 0.6 is 11.3 Å². The zero-order valence-corrected chi connectivity index (χ0v) is 18.7. The number of piperidine rings is 3. The van der Waals surface area contributed by atoms with E-state index in [2.05, 4.69) is 26.9 Å². The largest absolute Gasteiger partial charge is 0.346 e. The summed E-state index contributed by atoms with van der Waals surface area (Å²) in [5, 5.41) is 11.3. The first-order valence-corrected chi connectivity index (χ1v) is 12.9. The highest BCUT2D eigenvalue weighted by atomic mass is 32.1. The second kappa shape index (κ2) is 8.52. The van der Waals surface area contributed by atoms with E-state index in [-0.39, 0.29) is 0 Å².